The number of nitrogens with zero attached hydrogens (tertiary/aromatic N) is 3. The van der Waals surface area contributed by atoms with E-state index < -0.39 is 23.6 Å². The van der Waals surface area contributed by atoms with Crippen molar-refractivity contribution in [2.75, 3.05) is 12.0 Å². The molecule has 0 saturated heterocycles. The number of fused-ring (bicyclic) bond motifs is 1. The smallest absolute Gasteiger partial charge is 0.408 e. The third kappa shape index (κ3) is 7.15. The van der Waals surface area contributed by atoms with Gasteiger partial charge in [0, 0.05) is 12.4 Å². The summed E-state index contributed by atoms with van der Waals surface area (Å²) in [4.78, 5) is 32.8. The Morgan fingerprint density at radius 2 is 1.96 bits per heavy atom. The van der Waals surface area contributed by atoms with Crippen LogP contribution in [-0.2, 0) is 9.53 Å². The zero-order valence-corrected chi connectivity index (χ0v) is 17.2. The Bertz CT molecular complexity index is 851. The molecule has 2 aromatic rings. The van der Waals surface area contributed by atoms with Gasteiger partial charge >= 0.3 is 6.09 Å². The molecule has 2 N–H and O–H groups in total. The van der Waals surface area contributed by atoms with E-state index in [0.717, 1.165) is 16.6 Å². The molecule has 2 rings (SSSR count). The van der Waals surface area contributed by atoms with Crippen molar-refractivity contribution in [1.29, 1.82) is 0 Å². The number of amides is 2. The maximum atomic E-state index is 12.4. The second-order valence-corrected chi connectivity index (χ2v) is 8.00. The lowest BCUT2D eigenvalue weighted by atomic mass is 10.2. The van der Waals surface area contributed by atoms with Gasteiger partial charge in [0.05, 0.1) is 17.2 Å². The Hall–Kier alpha value is -2.68. The van der Waals surface area contributed by atoms with Crippen LogP contribution in [0, 0.1) is 0 Å². The summed E-state index contributed by atoms with van der Waals surface area (Å²) in [5.74, 6) is 0.303. The summed E-state index contributed by atoms with van der Waals surface area (Å²) in [6.07, 6.45) is 6.53. The van der Waals surface area contributed by atoms with Crippen molar-refractivity contribution in [3.8, 4) is 0 Å². The maximum Gasteiger partial charge on any atom is 0.408 e. The van der Waals surface area contributed by atoms with Gasteiger partial charge in [-0.3, -0.25) is 14.8 Å². The lowest BCUT2D eigenvalue weighted by Crippen LogP contribution is -2.47. The van der Waals surface area contributed by atoms with Crippen LogP contribution in [0.25, 0.3) is 11.0 Å². The van der Waals surface area contributed by atoms with Crippen LogP contribution in [0.3, 0.4) is 0 Å². The molecule has 1 heterocycles. The van der Waals surface area contributed by atoms with Gasteiger partial charge in [0.25, 0.3) is 5.91 Å². The van der Waals surface area contributed by atoms with E-state index in [-0.39, 0.29) is 0 Å². The monoisotopic (exact) mass is 403 g/mol. The number of carbonyl (C=O) groups is 2. The highest BCUT2D eigenvalue weighted by Gasteiger charge is 2.23. The average molecular weight is 404 g/mol. The predicted molar refractivity (Wildman–Crippen MR) is 111 cm³/mol. The minimum atomic E-state index is -0.734. The Kier molecular flexibility index (Phi) is 7.74. The normalized spacial score (nSPS) is 12.7. The molecule has 8 nitrogen and oxygen atoms in total. The fraction of sp³-hybridized carbons (Fsp3) is 0.421. The highest BCUT2D eigenvalue weighted by molar-refractivity contribution is 7.98. The van der Waals surface area contributed by atoms with Crippen LogP contribution < -0.4 is 10.7 Å². The van der Waals surface area contributed by atoms with E-state index in [9.17, 15) is 9.59 Å². The Morgan fingerprint density at radius 3 is 2.64 bits per heavy atom. The summed E-state index contributed by atoms with van der Waals surface area (Å²) in [6, 6.07) is 4.75. The van der Waals surface area contributed by atoms with Crippen LogP contribution in [-0.4, -0.2) is 51.8 Å². The molecule has 0 aliphatic heterocycles. The summed E-state index contributed by atoms with van der Waals surface area (Å²) < 4.78 is 5.22. The minimum absolute atomic E-state index is 0.406. The Balaban J connectivity index is 1.98. The van der Waals surface area contributed by atoms with E-state index in [4.69, 9.17) is 4.74 Å². The largest absolute Gasteiger partial charge is 0.444 e. The maximum absolute atomic E-state index is 12.4. The molecule has 150 valence electrons. The van der Waals surface area contributed by atoms with Crippen LogP contribution >= 0.6 is 11.8 Å². The van der Waals surface area contributed by atoms with Gasteiger partial charge in [0.1, 0.15) is 11.6 Å². The molecule has 1 aromatic carbocycles. The third-order valence-electron chi connectivity index (χ3n) is 3.50. The van der Waals surface area contributed by atoms with Crippen molar-refractivity contribution in [1.82, 2.24) is 20.7 Å². The van der Waals surface area contributed by atoms with Gasteiger partial charge in [-0.1, -0.05) is 6.07 Å². The molecule has 0 aliphatic carbocycles. The molecule has 0 aliphatic rings. The quantitative estimate of drug-likeness (QED) is 0.544. The average Bonchev–Trinajstić information content (AvgIpc) is 2.63. The standard InChI is InChI=1S/C19H25N5O3S/c1-19(2,3)27-18(26)23-15(7-10-28-4)17(25)24-22-12-13-5-6-14-16(11-13)21-9-8-20-14/h5-6,8-9,11-12,15H,7,10H2,1-4H3,(H,23,26)(H,24,25)/t15-/m0/s1. The molecule has 0 unspecified atom stereocenters. The third-order valence-corrected chi connectivity index (χ3v) is 4.14. The van der Waals surface area contributed by atoms with Gasteiger partial charge in [0.2, 0.25) is 0 Å². The predicted octanol–water partition coefficient (Wildman–Crippen LogP) is 2.73. The molecular formula is C19H25N5O3S. The number of alkyl carbamates (subject to hydrolysis) is 1. The summed E-state index contributed by atoms with van der Waals surface area (Å²) in [6.45, 7) is 5.30. The highest BCUT2D eigenvalue weighted by atomic mass is 32.2. The molecular weight excluding hydrogens is 378 g/mol. The van der Waals surface area contributed by atoms with E-state index >= 15 is 0 Å². The summed E-state index contributed by atoms with van der Waals surface area (Å²) in [7, 11) is 0. The van der Waals surface area contributed by atoms with E-state index in [2.05, 4.69) is 25.8 Å². The van der Waals surface area contributed by atoms with Crippen LogP contribution in [0.15, 0.2) is 35.7 Å². The lowest BCUT2D eigenvalue weighted by molar-refractivity contribution is -0.123. The van der Waals surface area contributed by atoms with Crippen molar-refractivity contribution < 1.29 is 14.3 Å². The van der Waals surface area contributed by atoms with Crippen LogP contribution in [0.4, 0.5) is 4.79 Å². The van der Waals surface area contributed by atoms with E-state index in [1.54, 1.807) is 44.9 Å². The molecule has 28 heavy (non-hydrogen) atoms. The lowest BCUT2D eigenvalue weighted by Gasteiger charge is -2.22. The van der Waals surface area contributed by atoms with Gasteiger partial charge in [-0.25, -0.2) is 10.2 Å². The second kappa shape index (κ2) is 10.0. The number of hydrogen-bond donors (Lipinski definition) is 2. The van der Waals surface area contributed by atoms with Gasteiger partial charge < -0.3 is 10.1 Å². The first-order chi connectivity index (χ1) is 13.3. The zero-order valence-electron chi connectivity index (χ0n) is 16.4. The first-order valence-electron chi connectivity index (χ1n) is 8.80. The van der Waals surface area contributed by atoms with Crippen molar-refractivity contribution in [3.05, 3.63) is 36.2 Å². The molecule has 0 saturated carbocycles. The molecule has 1 atom stereocenters. The van der Waals surface area contributed by atoms with Gasteiger partial charge in [-0.05, 0) is 56.9 Å². The number of thioether (sulfide) groups is 1. The minimum Gasteiger partial charge on any atom is -0.444 e. The Morgan fingerprint density at radius 1 is 1.25 bits per heavy atom. The van der Waals surface area contributed by atoms with Gasteiger partial charge in [-0.2, -0.15) is 16.9 Å². The SMILES string of the molecule is CSCC[C@H](NC(=O)OC(C)(C)C)C(=O)NN=Cc1ccc2nccnc2c1. The number of nitrogens with one attached hydrogen (secondary N) is 2. The number of hydrazone groups is 1. The molecule has 9 heteroatoms. The summed E-state index contributed by atoms with van der Waals surface area (Å²) >= 11 is 1.59. The number of benzene rings is 1. The van der Waals surface area contributed by atoms with Crippen LogP contribution in [0.1, 0.15) is 32.8 Å². The second-order valence-electron chi connectivity index (χ2n) is 7.02. The first kappa shape index (κ1) is 21.6. The highest BCUT2D eigenvalue weighted by Crippen LogP contribution is 2.10. The van der Waals surface area contributed by atoms with Crippen molar-refractivity contribution in [2.24, 2.45) is 5.10 Å². The molecule has 0 spiro atoms. The van der Waals surface area contributed by atoms with Gasteiger partial charge in [-0.15, -0.1) is 0 Å². The Labute approximate surface area is 168 Å². The van der Waals surface area contributed by atoms with E-state index in [1.807, 2.05) is 24.5 Å². The number of ether oxygens (including phenoxy) is 1. The van der Waals surface area contributed by atoms with Gasteiger partial charge in [0.15, 0.2) is 0 Å². The molecule has 0 radical (unpaired) electrons. The first-order valence-corrected chi connectivity index (χ1v) is 10.2. The van der Waals surface area contributed by atoms with Crippen LogP contribution in [0.2, 0.25) is 0 Å². The van der Waals surface area contributed by atoms with Crippen molar-refractivity contribution in [3.63, 3.8) is 0 Å². The molecule has 0 fully saturated rings. The number of aromatic nitrogens is 2. The number of rotatable bonds is 7. The summed E-state index contributed by atoms with van der Waals surface area (Å²) in [5.41, 5.74) is 4.12. The number of hydrogen-bond acceptors (Lipinski definition) is 7. The fourth-order valence-corrected chi connectivity index (χ4v) is 2.73. The fourth-order valence-electron chi connectivity index (χ4n) is 2.26. The van der Waals surface area contributed by atoms with Crippen molar-refractivity contribution >= 4 is 41.0 Å². The van der Waals surface area contributed by atoms with Crippen molar-refractivity contribution in [2.45, 2.75) is 38.8 Å². The number of carbonyl (C=O) groups excluding carboxylic acids is 2. The zero-order chi connectivity index (χ0) is 20.6. The topological polar surface area (TPSA) is 106 Å². The summed E-state index contributed by atoms with van der Waals surface area (Å²) in [5, 5.41) is 6.59. The molecule has 1 aromatic heterocycles. The molecule has 2 amide bonds. The van der Waals surface area contributed by atoms with E-state index in [1.165, 1.54) is 6.21 Å². The van der Waals surface area contributed by atoms with Crippen LogP contribution in [0.5, 0.6) is 0 Å². The van der Waals surface area contributed by atoms with E-state index in [0.29, 0.717) is 12.2 Å². The molecule has 0 bridgehead atoms.